The van der Waals surface area contributed by atoms with Gasteiger partial charge in [0.25, 0.3) is 0 Å². The third-order valence-electron chi connectivity index (χ3n) is 5.37. The predicted molar refractivity (Wildman–Crippen MR) is 120 cm³/mol. The van der Waals surface area contributed by atoms with Gasteiger partial charge in [0.05, 0.1) is 18.8 Å². The second-order valence-electron chi connectivity index (χ2n) is 8.83. The molecule has 1 aliphatic rings. The lowest BCUT2D eigenvalue weighted by Crippen LogP contribution is -2.56. The summed E-state index contributed by atoms with van der Waals surface area (Å²) < 4.78 is 6.09. The maximum absolute atomic E-state index is 6.63. The van der Waals surface area contributed by atoms with Crippen LogP contribution in [0.15, 0.2) is 73.3 Å². The number of hydroxylamine groups is 2. The van der Waals surface area contributed by atoms with E-state index in [2.05, 4.69) is 87.9 Å². The molecule has 154 valence electrons. The molecule has 0 fully saturated rings. The number of hydrogen-bond acceptors (Lipinski definition) is 3. The molecule has 0 aliphatic carbocycles. The van der Waals surface area contributed by atoms with Crippen molar-refractivity contribution in [2.24, 2.45) is 0 Å². The Morgan fingerprint density at radius 3 is 2.34 bits per heavy atom. The van der Waals surface area contributed by atoms with Crippen molar-refractivity contribution in [3.8, 4) is 0 Å². The average molecular weight is 392 g/mol. The first kappa shape index (κ1) is 21.5. The fourth-order valence-electron chi connectivity index (χ4n) is 3.86. The second-order valence-corrected chi connectivity index (χ2v) is 8.83. The number of nitrogens with zero attached hydrogens (tertiary/aromatic N) is 1. The van der Waals surface area contributed by atoms with E-state index in [0.717, 1.165) is 23.1 Å². The minimum atomic E-state index is -0.185. The molecule has 0 aromatic heterocycles. The molecule has 0 saturated heterocycles. The molecule has 0 N–H and O–H groups in total. The highest BCUT2D eigenvalue weighted by atomic mass is 16.7. The molecule has 2 aromatic rings. The summed E-state index contributed by atoms with van der Waals surface area (Å²) >= 11 is 0. The molecular weight excluding hydrogens is 358 g/mol. The summed E-state index contributed by atoms with van der Waals surface area (Å²) in [6.07, 6.45) is 7.10. The summed E-state index contributed by atoms with van der Waals surface area (Å²) in [5, 5.41) is 2.14. The Bertz CT molecular complexity index is 822. The molecule has 0 radical (unpaired) electrons. The SMILES string of the molecule is C=Cc1ccc(COCC(ON2C(C)(C)C=CCC2(C)C)c2ccccc2)cc1. The third kappa shape index (κ3) is 5.45. The minimum absolute atomic E-state index is 0.0915. The molecule has 1 aliphatic heterocycles. The van der Waals surface area contributed by atoms with Crippen LogP contribution in [-0.4, -0.2) is 22.7 Å². The first-order valence-corrected chi connectivity index (χ1v) is 10.3. The summed E-state index contributed by atoms with van der Waals surface area (Å²) in [7, 11) is 0. The molecule has 3 nitrogen and oxygen atoms in total. The van der Waals surface area contributed by atoms with Gasteiger partial charge in [0.1, 0.15) is 6.10 Å². The summed E-state index contributed by atoms with van der Waals surface area (Å²) in [5.41, 5.74) is 3.10. The molecular formula is C26H33NO2. The minimum Gasteiger partial charge on any atom is -0.374 e. The molecule has 0 spiro atoms. The Balaban J connectivity index is 1.73. The van der Waals surface area contributed by atoms with Crippen LogP contribution in [-0.2, 0) is 16.2 Å². The molecule has 3 heteroatoms. The van der Waals surface area contributed by atoms with Crippen molar-refractivity contribution in [3.05, 3.63) is 90.0 Å². The van der Waals surface area contributed by atoms with E-state index in [1.54, 1.807) is 0 Å². The van der Waals surface area contributed by atoms with Crippen molar-refractivity contribution < 1.29 is 9.57 Å². The molecule has 0 bridgehead atoms. The zero-order chi connectivity index (χ0) is 20.9. The van der Waals surface area contributed by atoms with Gasteiger partial charge in [-0.15, -0.1) is 0 Å². The Morgan fingerprint density at radius 1 is 1.03 bits per heavy atom. The van der Waals surface area contributed by atoms with Crippen molar-refractivity contribution in [2.45, 2.75) is 57.9 Å². The van der Waals surface area contributed by atoms with Crippen LogP contribution in [0.3, 0.4) is 0 Å². The number of rotatable bonds is 8. The average Bonchev–Trinajstić information content (AvgIpc) is 2.70. The topological polar surface area (TPSA) is 21.7 Å². The van der Waals surface area contributed by atoms with E-state index in [0.29, 0.717) is 13.2 Å². The van der Waals surface area contributed by atoms with Crippen LogP contribution < -0.4 is 0 Å². The van der Waals surface area contributed by atoms with Gasteiger partial charge in [0.15, 0.2) is 0 Å². The number of ether oxygens (including phenoxy) is 1. The molecule has 0 amide bonds. The Hall–Kier alpha value is -2.20. The van der Waals surface area contributed by atoms with Gasteiger partial charge in [-0.1, -0.05) is 79.4 Å². The van der Waals surface area contributed by atoms with E-state index in [4.69, 9.17) is 9.57 Å². The molecule has 1 atom stereocenters. The van der Waals surface area contributed by atoms with Crippen molar-refractivity contribution in [1.29, 1.82) is 0 Å². The Morgan fingerprint density at radius 2 is 1.72 bits per heavy atom. The maximum Gasteiger partial charge on any atom is 0.128 e. The fourth-order valence-corrected chi connectivity index (χ4v) is 3.86. The lowest BCUT2D eigenvalue weighted by atomic mass is 9.88. The summed E-state index contributed by atoms with van der Waals surface area (Å²) in [4.78, 5) is 6.63. The highest BCUT2D eigenvalue weighted by Crippen LogP contribution is 2.37. The molecule has 1 heterocycles. The van der Waals surface area contributed by atoms with Crippen LogP contribution in [0, 0.1) is 0 Å². The lowest BCUT2D eigenvalue weighted by Gasteiger charge is -2.49. The highest BCUT2D eigenvalue weighted by Gasteiger charge is 2.41. The lowest BCUT2D eigenvalue weighted by molar-refractivity contribution is -0.293. The van der Waals surface area contributed by atoms with Gasteiger partial charge in [-0.2, -0.15) is 5.06 Å². The normalized spacial score (nSPS) is 19.0. The van der Waals surface area contributed by atoms with E-state index < -0.39 is 0 Å². The highest BCUT2D eigenvalue weighted by molar-refractivity contribution is 5.47. The molecule has 0 saturated carbocycles. The molecule has 29 heavy (non-hydrogen) atoms. The van der Waals surface area contributed by atoms with E-state index in [1.165, 1.54) is 0 Å². The van der Waals surface area contributed by atoms with Crippen LogP contribution in [0.5, 0.6) is 0 Å². The summed E-state index contributed by atoms with van der Waals surface area (Å²) in [6.45, 7) is 13.7. The quantitative estimate of drug-likeness (QED) is 0.490. The van der Waals surface area contributed by atoms with Gasteiger partial charge >= 0.3 is 0 Å². The van der Waals surface area contributed by atoms with E-state index in [-0.39, 0.29) is 17.2 Å². The van der Waals surface area contributed by atoms with Crippen molar-refractivity contribution >= 4 is 6.08 Å². The van der Waals surface area contributed by atoms with Crippen LogP contribution in [0.25, 0.3) is 6.08 Å². The molecule has 2 aromatic carbocycles. The van der Waals surface area contributed by atoms with Crippen molar-refractivity contribution in [1.82, 2.24) is 5.06 Å². The maximum atomic E-state index is 6.63. The summed E-state index contributed by atoms with van der Waals surface area (Å²) in [5.74, 6) is 0. The first-order valence-electron chi connectivity index (χ1n) is 10.3. The van der Waals surface area contributed by atoms with Crippen LogP contribution in [0.1, 0.15) is 56.9 Å². The van der Waals surface area contributed by atoms with Crippen molar-refractivity contribution in [3.63, 3.8) is 0 Å². The van der Waals surface area contributed by atoms with Gasteiger partial charge in [-0.3, -0.25) is 4.84 Å². The van der Waals surface area contributed by atoms with Crippen LogP contribution >= 0.6 is 0 Å². The van der Waals surface area contributed by atoms with Gasteiger partial charge in [0, 0.05) is 5.54 Å². The van der Waals surface area contributed by atoms with Crippen molar-refractivity contribution in [2.75, 3.05) is 6.61 Å². The van der Waals surface area contributed by atoms with E-state index in [9.17, 15) is 0 Å². The largest absolute Gasteiger partial charge is 0.374 e. The fraction of sp³-hybridized carbons (Fsp3) is 0.385. The number of benzene rings is 2. The first-order chi connectivity index (χ1) is 13.8. The van der Waals surface area contributed by atoms with Gasteiger partial charge in [-0.25, -0.2) is 0 Å². The zero-order valence-corrected chi connectivity index (χ0v) is 18.1. The van der Waals surface area contributed by atoms with E-state index in [1.807, 2.05) is 24.3 Å². The summed E-state index contributed by atoms with van der Waals surface area (Å²) in [6, 6.07) is 18.6. The number of hydrogen-bond donors (Lipinski definition) is 0. The predicted octanol–water partition coefficient (Wildman–Crippen LogP) is 6.34. The Kier molecular flexibility index (Phi) is 6.74. The molecule has 3 rings (SSSR count). The van der Waals surface area contributed by atoms with E-state index >= 15 is 0 Å². The standard InChI is InChI=1S/C26H33NO2/c1-6-21-13-15-22(16-14-21)19-28-20-24(23-11-8-7-9-12-23)29-27-25(2,3)17-10-18-26(27,4)5/h6-17,24H,1,18-20H2,2-5H3. The smallest absolute Gasteiger partial charge is 0.128 e. The van der Waals surface area contributed by atoms with Crippen LogP contribution in [0.4, 0.5) is 0 Å². The Labute approximate surface area is 175 Å². The van der Waals surface area contributed by atoms with Gasteiger partial charge in [-0.05, 0) is 50.8 Å². The monoisotopic (exact) mass is 391 g/mol. The van der Waals surface area contributed by atoms with Crippen LogP contribution in [0.2, 0.25) is 0 Å². The zero-order valence-electron chi connectivity index (χ0n) is 18.1. The molecule has 1 unspecified atom stereocenters. The van der Waals surface area contributed by atoms with Gasteiger partial charge < -0.3 is 4.74 Å². The second kappa shape index (κ2) is 9.08. The van der Waals surface area contributed by atoms with Gasteiger partial charge in [0.2, 0.25) is 0 Å². The third-order valence-corrected chi connectivity index (χ3v) is 5.37.